The van der Waals surface area contributed by atoms with Crippen LogP contribution < -0.4 is 5.32 Å². The van der Waals surface area contributed by atoms with Gasteiger partial charge in [-0.3, -0.25) is 14.5 Å². The maximum atomic E-state index is 12.7. The van der Waals surface area contributed by atoms with Crippen molar-refractivity contribution < 1.29 is 9.59 Å². The Labute approximate surface area is 208 Å². The van der Waals surface area contributed by atoms with E-state index in [0.29, 0.717) is 11.1 Å². The maximum Gasteiger partial charge on any atom is 0.253 e. The van der Waals surface area contributed by atoms with E-state index in [1.165, 1.54) is 6.08 Å². The van der Waals surface area contributed by atoms with E-state index in [9.17, 15) is 9.59 Å². The standard InChI is InChI=1S/C27H36N6O2/c1-30-14-18-32(19-15-30)13-12-28-26-5-3-4-24(29-26)10-11-25(34)22-6-8-23(9-7-22)27(35)33-20-16-31(2)17-21-33/h3-11H,12-21H2,1-2H3,(H,28,29). The predicted molar refractivity (Wildman–Crippen MR) is 140 cm³/mol. The lowest BCUT2D eigenvalue weighted by Gasteiger charge is -2.32. The summed E-state index contributed by atoms with van der Waals surface area (Å²) in [4.78, 5) is 38.8. The number of likely N-dealkylation sites (N-methyl/N-ethyl adjacent to an activating group) is 2. The number of anilines is 1. The molecule has 4 rings (SSSR count). The van der Waals surface area contributed by atoms with Gasteiger partial charge in [-0.1, -0.05) is 18.2 Å². The molecule has 0 spiro atoms. The second-order valence-electron chi connectivity index (χ2n) is 9.39. The van der Waals surface area contributed by atoms with Gasteiger partial charge < -0.3 is 20.0 Å². The summed E-state index contributed by atoms with van der Waals surface area (Å²) in [7, 11) is 4.22. The summed E-state index contributed by atoms with van der Waals surface area (Å²) in [5.74, 6) is 0.716. The highest BCUT2D eigenvalue weighted by Gasteiger charge is 2.20. The molecule has 0 atom stereocenters. The molecule has 0 radical (unpaired) electrons. The van der Waals surface area contributed by atoms with Gasteiger partial charge in [-0.2, -0.15) is 0 Å². The van der Waals surface area contributed by atoms with Crippen LogP contribution in [0.15, 0.2) is 48.5 Å². The third-order valence-corrected chi connectivity index (χ3v) is 6.71. The lowest BCUT2D eigenvalue weighted by atomic mass is 10.1. The number of carbonyl (C=O) groups excluding carboxylic acids is 2. The van der Waals surface area contributed by atoms with Gasteiger partial charge in [0.25, 0.3) is 5.91 Å². The van der Waals surface area contributed by atoms with Crippen LogP contribution in [0.25, 0.3) is 6.08 Å². The number of ketones is 1. The van der Waals surface area contributed by atoms with Crippen LogP contribution in [-0.4, -0.2) is 116 Å². The van der Waals surface area contributed by atoms with Crippen molar-refractivity contribution in [2.24, 2.45) is 0 Å². The molecule has 0 unspecified atom stereocenters. The Morgan fingerprint density at radius 3 is 2.17 bits per heavy atom. The fourth-order valence-electron chi connectivity index (χ4n) is 4.28. The normalized spacial score (nSPS) is 18.2. The molecule has 1 aromatic carbocycles. The van der Waals surface area contributed by atoms with Gasteiger partial charge in [0.05, 0.1) is 5.69 Å². The number of aromatic nitrogens is 1. The number of piperazine rings is 2. The number of amides is 1. The second-order valence-corrected chi connectivity index (χ2v) is 9.39. The summed E-state index contributed by atoms with van der Waals surface area (Å²) in [5.41, 5.74) is 1.90. The predicted octanol–water partition coefficient (Wildman–Crippen LogP) is 2.02. The Morgan fingerprint density at radius 1 is 0.857 bits per heavy atom. The molecule has 0 aliphatic carbocycles. The zero-order chi connectivity index (χ0) is 24.6. The number of nitrogens with one attached hydrogen (secondary N) is 1. The first kappa shape index (κ1) is 25.0. The Hall–Kier alpha value is -3.07. The van der Waals surface area contributed by atoms with Crippen LogP contribution in [0, 0.1) is 0 Å². The number of benzene rings is 1. The van der Waals surface area contributed by atoms with Crippen LogP contribution in [0.3, 0.4) is 0 Å². The van der Waals surface area contributed by atoms with Crippen LogP contribution in [0.2, 0.25) is 0 Å². The van der Waals surface area contributed by atoms with Crippen molar-refractivity contribution >= 4 is 23.6 Å². The third kappa shape index (κ3) is 7.21. The van der Waals surface area contributed by atoms with Crippen molar-refractivity contribution in [2.75, 3.05) is 84.9 Å². The molecule has 2 aliphatic rings. The fraction of sp³-hybridized carbons (Fsp3) is 0.444. The molecule has 186 valence electrons. The zero-order valence-corrected chi connectivity index (χ0v) is 20.8. The van der Waals surface area contributed by atoms with E-state index in [-0.39, 0.29) is 11.7 Å². The van der Waals surface area contributed by atoms with Gasteiger partial charge in [-0.05, 0) is 50.5 Å². The van der Waals surface area contributed by atoms with Gasteiger partial charge in [0, 0.05) is 76.6 Å². The number of pyridine rings is 1. The van der Waals surface area contributed by atoms with Gasteiger partial charge in [0.15, 0.2) is 5.78 Å². The zero-order valence-electron chi connectivity index (χ0n) is 20.8. The summed E-state index contributed by atoms with van der Waals surface area (Å²) in [5, 5.41) is 3.39. The van der Waals surface area contributed by atoms with Crippen molar-refractivity contribution in [2.45, 2.75) is 0 Å². The average Bonchev–Trinajstić information content (AvgIpc) is 2.89. The summed E-state index contributed by atoms with van der Waals surface area (Å²) in [6, 6.07) is 12.7. The molecule has 1 N–H and O–H groups in total. The molecule has 0 bridgehead atoms. The molecular formula is C27H36N6O2. The first-order chi connectivity index (χ1) is 17.0. The SMILES string of the molecule is CN1CCN(CCNc2cccc(C=CC(=O)c3ccc(C(=O)N4CCN(C)CC4)cc3)n2)CC1. The summed E-state index contributed by atoms with van der Waals surface area (Å²) >= 11 is 0. The van der Waals surface area contributed by atoms with Crippen LogP contribution >= 0.6 is 0 Å². The van der Waals surface area contributed by atoms with Crippen molar-refractivity contribution in [3.63, 3.8) is 0 Å². The Kier molecular flexibility index (Phi) is 8.63. The van der Waals surface area contributed by atoms with Crippen LogP contribution in [-0.2, 0) is 0 Å². The van der Waals surface area contributed by atoms with E-state index in [1.807, 2.05) is 23.1 Å². The number of hydrogen-bond acceptors (Lipinski definition) is 7. The second kappa shape index (κ2) is 12.1. The molecule has 8 nitrogen and oxygen atoms in total. The Morgan fingerprint density at radius 2 is 1.49 bits per heavy atom. The smallest absolute Gasteiger partial charge is 0.253 e. The molecule has 2 aromatic rings. The van der Waals surface area contributed by atoms with Gasteiger partial charge in [0.1, 0.15) is 5.82 Å². The molecule has 1 amide bonds. The van der Waals surface area contributed by atoms with Gasteiger partial charge in [-0.15, -0.1) is 0 Å². The molecule has 2 aliphatic heterocycles. The number of nitrogens with zero attached hydrogens (tertiary/aromatic N) is 5. The van der Waals surface area contributed by atoms with Gasteiger partial charge in [0.2, 0.25) is 0 Å². The largest absolute Gasteiger partial charge is 0.369 e. The highest BCUT2D eigenvalue weighted by atomic mass is 16.2. The third-order valence-electron chi connectivity index (χ3n) is 6.71. The molecule has 8 heteroatoms. The lowest BCUT2D eigenvalue weighted by molar-refractivity contribution is 0.0664. The number of hydrogen-bond donors (Lipinski definition) is 1. The first-order valence-electron chi connectivity index (χ1n) is 12.4. The molecule has 2 saturated heterocycles. The van der Waals surface area contributed by atoms with Crippen molar-refractivity contribution in [1.82, 2.24) is 24.6 Å². The summed E-state index contributed by atoms with van der Waals surface area (Å²) < 4.78 is 0. The van der Waals surface area contributed by atoms with E-state index in [4.69, 9.17) is 0 Å². The molecule has 35 heavy (non-hydrogen) atoms. The van der Waals surface area contributed by atoms with Crippen LogP contribution in [0.5, 0.6) is 0 Å². The minimum Gasteiger partial charge on any atom is -0.369 e. The minimum absolute atomic E-state index is 0.0220. The lowest BCUT2D eigenvalue weighted by Crippen LogP contribution is -2.47. The first-order valence-corrected chi connectivity index (χ1v) is 12.4. The van der Waals surface area contributed by atoms with E-state index < -0.39 is 0 Å². The number of carbonyl (C=O) groups is 2. The molecule has 1 aromatic heterocycles. The van der Waals surface area contributed by atoms with E-state index >= 15 is 0 Å². The van der Waals surface area contributed by atoms with Crippen molar-refractivity contribution in [3.8, 4) is 0 Å². The maximum absolute atomic E-state index is 12.7. The van der Waals surface area contributed by atoms with Gasteiger partial charge >= 0.3 is 0 Å². The molecule has 2 fully saturated rings. The highest BCUT2D eigenvalue weighted by Crippen LogP contribution is 2.12. The highest BCUT2D eigenvalue weighted by molar-refractivity contribution is 6.07. The van der Waals surface area contributed by atoms with Crippen LogP contribution in [0.1, 0.15) is 26.4 Å². The quantitative estimate of drug-likeness (QED) is 0.462. The Bertz CT molecular complexity index is 1020. The minimum atomic E-state index is -0.112. The van der Waals surface area contributed by atoms with E-state index in [0.717, 1.165) is 77.0 Å². The number of rotatable bonds is 8. The number of allylic oxidation sites excluding steroid dienone is 1. The topological polar surface area (TPSA) is 72.0 Å². The van der Waals surface area contributed by atoms with E-state index in [2.05, 4.69) is 39.1 Å². The average molecular weight is 477 g/mol. The van der Waals surface area contributed by atoms with Crippen molar-refractivity contribution in [1.29, 1.82) is 0 Å². The Balaban J connectivity index is 1.27. The van der Waals surface area contributed by atoms with E-state index in [1.54, 1.807) is 30.3 Å². The molecular weight excluding hydrogens is 440 g/mol. The molecule has 0 saturated carbocycles. The van der Waals surface area contributed by atoms with Crippen LogP contribution in [0.4, 0.5) is 5.82 Å². The van der Waals surface area contributed by atoms with Crippen molar-refractivity contribution in [3.05, 3.63) is 65.4 Å². The van der Waals surface area contributed by atoms with Gasteiger partial charge in [-0.25, -0.2) is 4.98 Å². The monoisotopic (exact) mass is 476 g/mol. The summed E-state index contributed by atoms with van der Waals surface area (Å²) in [6.07, 6.45) is 3.27. The fourth-order valence-corrected chi connectivity index (χ4v) is 4.28. The summed E-state index contributed by atoms with van der Waals surface area (Å²) in [6.45, 7) is 9.48. The molecule has 3 heterocycles.